The molecule has 0 saturated carbocycles. The van der Waals surface area contributed by atoms with Gasteiger partial charge in [-0.3, -0.25) is 4.55 Å². The first-order chi connectivity index (χ1) is 23.1. The standard InChI is InChI=1S/C38H51N3O5S2/c1-3-4-5-6-7-8-9-10-11-12-13-14-15-19-28-47(42,43)40-39-36-30-38(33-24-22-32(23-25-33)31-20-17-16-18-21-31)41(2)37-27-26-34(29-35(36)37)48(44,45)46/h16-18,20-27,29-30,40H,3-15,19,28H2,1-2H3,(H,44,45,46)/b39-36+. The first kappa shape index (κ1) is 37.4. The lowest BCUT2D eigenvalue weighted by molar-refractivity contribution is 0.483. The van der Waals surface area contributed by atoms with Crippen molar-refractivity contribution in [1.29, 1.82) is 0 Å². The molecule has 8 nitrogen and oxygen atoms in total. The maximum absolute atomic E-state index is 12.9. The van der Waals surface area contributed by atoms with E-state index < -0.39 is 20.1 Å². The molecule has 1 aromatic heterocycles. The van der Waals surface area contributed by atoms with E-state index in [1.54, 1.807) is 12.1 Å². The first-order valence-electron chi connectivity index (χ1n) is 17.4. The van der Waals surface area contributed by atoms with E-state index in [2.05, 4.69) is 16.9 Å². The van der Waals surface area contributed by atoms with Gasteiger partial charge in [-0.15, -0.1) is 0 Å². The number of pyridine rings is 1. The van der Waals surface area contributed by atoms with Crippen LogP contribution in [-0.4, -0.2) is 31.7 Å². The number of hydrogen-bond donors (Lipinski definition) is 2. The van der Waals surface area contributed by atoms with Gasteiger partial charge in [-0.2, -0.15) is 13.5 Å². The predicted molar refractivity (Wildman–Crippen MR) is 196 cm³/mol. The Hall–Kier alpha value is -3.47. The number of nitrogens with one attached hydrogen (secondary N) is 1. The average Bonchev–Trinajstić information content (AvgIpc) is 3.08. The minimum Gasteiger partial charge on any atom is -0.344 e. The zero-order valence-corrected chi connectivity index (χ0v) is 30.0. The Balaban J connectivity index is 1.40. The van der Waals surface area contributed by atoms with Crippen LogP contribution in [0.15, 0.2) is 88.9 Å². The molecule has 48 heavy (non-hydrogen) atoms. The number of benzene rings is 3. The highest BCUT2D eigenvalue weighted by atomic mass is 32.2. The summed E-state index contributed by atoms with van der Waals surface area (Å²) < 4.78 is 61.3. The fourth-order valence-electron chi connectivity index (χ4n) is 6.09. The molecule has 0 unspecified atom stereocenters. The van der Waals surface area contributed by atoms with Crippen LogP contribution in [0.4, 0.5) is 0 Å². The zero-order valence-electron chi connectivity index (χ0n) is 28.4. The summed E-state index contributed by atoms with van der Waals surface area (Å²) in [5.41, 5.74) is 4.40. The van der Waals surface area contributed by atoms with E-state index in [4.69, 9.17) is 0 Å². The molecule has 4 rings (SSSR count). The largest absolute Gasteiger partial charge is 0.344 e. The smallest absolute Gasteiger partial charge is 0.294 e. The molecule has 0 amide bonds. The van der Waals surface area contributed by atoms with Gasteiger partial charge < -0.3 is 4.57 Å². The van der Waals surface area contributed by atoms with Gasteiger partial charge in [-0.1, -0.05) is 145 Å². The van der Waals surface area contributed by atoms with Crippen LogP contribution in [0, 0.1) is 0 Å². The molecule has 0 radical (unpaired) electrons. The van der Waals surface area contributed by atoms with Crippen molar-refractivity contribution in [2.24, 2.45) is 12.1 Å². The van der Waals surface area contributed by atoms with Crippen LogP contribution in [0.2, 0.25) is 0 Å². The number of nitrogens with zero attached hydrogens (tertiary/aromatic N) is 2. The van der Waals surface area contributed by atoms with Crippen LogP contribution < -0.4 is 10.2 Å². The Kier molecular flexibility index (Phi) is 14.3. The first-order valence-corrected chi connectivity index (χ1v) is 20.5. The molecule has 2 N–H and O–H groups in total. The van der Waals surface area contributed by atoms with Gasteiger partial charge in [-0.25, -0.2) is 13.2 Å². The molecule has 0 fully saturated rings. The number of hydrogen-bond acceptors (Lipinski definition) is 5. The monoisotopic (exact) mass is 693 g/mol. The van der Waals surface area contributed by atoms with E-state index in [1.165, 1.54) is 76.3 Å². The van der Waals surface area contributed by atoms with Crippen LogP contribution in [0.25, 0.3) is 33.3 Å². The zero-order chi connectivity index (χ0) is 34.4. The number of sulfonamides is 1. The van der Waals surface area contributed by atoms with Crippen LogP contribution in [-0.2, 0) is 27.2 Å². The van der Waals surface area contributed by atoms with Crippen LogP contribution >= 0.6 is 0 Å². The number of aryl methyl sites for hydroxylation is 1. The molecular weight excluding hydrogens is 643 g/mol. The summed E-state index contributed by atoms with van der Waals surface area (Å²) in [6.07, 6.45) is 16.6. The van der Waals surface area contributed by atoms with Crippen molar-refractivity contribution in [1.82, 2.24) is 9.40 Å². The molecule has 260 valence electrons. The quantitative estimate of drug-likeness (QED) is 0.0544. The molecule has 0 saturated heterocycles. The molecule has 0 atom stereocenters. The van der Waals surface area contributed by atoms with Gasteiger partial charge in [0.1, 0.15) is 0 Å². The highest BCUT2D eigenvalue weighted by Crippen LogP contribution is 2.27. The van der Waals surface area contributed by atoms with E-state index in [0.29, 0.717) is 17.3 Å². The Morgan fingerprint density at radius 3 is 1.73 bits per heavy atom. The molecular formula is C38H51N3O5S2. The lowest BCUT2D eigenvalue weighted by Crippen LogP contribution is -2.25. The third kappa shape index (κ3) is 11.3. The van der Waals surface area contributed by atoms with Crippen LogP contribution in [0.3, 0.4) is 0 Å². The van der Waals surface area contributed by atoms with Crippen molar-refractivity contribution in [3.63, 3.8) is 0 Å². The third-order valence-electron chi connectivity index (χ3n) is 8.90. The topological polar surface area (TPSA) is 118 Å². The molecule has 0 aliphatic rings. The summed E-state index contributed by atoms with van der Waals surface area (Å²) in [5, 5.41) is 4.91. The lowest BCUT2D eigenvalue weighted by atomic mass is 10.0. The summed E-state index contributed by atoms with van der Waals surface area (Å²) in [4.78, 5) is 2.08. The summed E-state index contributed by atoms with van der Waals surface area (Å²) >= 11 is 0. The number of aromatic nitrogens is 1. The molecule has 0 spiro atoms. The summed E-state index contributed by atoms with van der Waals surface area (Å²) in [6.45, 7) is 2.25. The van der Waals surface area contributed by atoms with Crippen molar-refractivity contribution in [3.05, 3.63) is 84.2 Å². The fourth-order valence-corrected chi connectivity index (χ4v) is 7.51. The van der Waals surface area contributed by atoms with Gasteiger partial charge in [0.25, 0.3) is 10.1 Å². The maximum atomic E-state index is 12.9. The van der Waals surface area contributed by atoms with Gasteiger partial charge in [0.2, 0.25) is 10.0 Å². The molecule has 10 heteroatoms. The van der Waals surface area contributed by atoms with E-state index >= 15 is 0 Å². The number of rotatable bonds is 20. The molecule has 3 aromatic carbocycles. The SMILES string of the molecule is CCCCCCCCCCCCCCCCS(=O)(=O)N/N=c1\cc(-c2ccc(-c3ccccc3)cc2)n(C)c2ccc(S(=O)(=O)O)cc12. The molecule has 1 heterocycles. The second-order valence-electron chi connectivity index (χ2n) is 12.7. The predicted octanol–water partition coefficient (Wildman–Crippen LogP) is 8.98. The van der Waals surface area contributed by atoms with Gasteiger partial charge in [0.15, 0.2) is 0 Å². The van der Waals surface area contributed by atoms with Crippen molar-refractivity contribution >= 4 is 31.0 Å². The number of unbranched alkanes of at least 4 members (excludes halogenated alkanes) is 13. The van der Waals surface area contributed by atoms with E-state index in [1.807, 2.05) is 66.2 Å². The van der Waals surface area contributed by atoms with Gasteiger partial charge >= 0.3 is 0 Å². The third-order valence-corrected chi connectivity index (χ3v) is 10.9. The molecule has 0 aliphatic heterocycles. The van der Waals surface area contributed by atoms with Gasteiger partial charge in [0.05, 0.1) is 27.2 Å². The maximum Gasteiger partial charge on any atom is 0.294 e. The van der Waals surface area contributed by atoms with Crippen molar-refractivity contribution in [2.75, 3.05) is 5.75 Å². The van der Waals surface area contributed by atoms with Gasteiger partial charge in [-0.05, 0) is 47.4 Å². The highest BCUT2D eigenvalue weighted by molar-refractivity contribution is 7.89. The highest BCUT2D eigenvalue weighted by Gasteiger charge is 2.15. The minimum absolute atomic E-state index is 0.0445. The van der Waals surface area contributed by atoms with Crippen molar-refractivity contribution in [2.45, 2.75) is 102 Å². The second-order valence-corrected chi connectivity index (χ2v) is 15.9. The van der Waals surface area contributed by atoms with Crippen molar-refractivity contribution in [3.8, 4) is 22.4 Å². The average molecular weight is 694 g/mol. The molecule has 0 bridgehead atoms. The Bertz CT molecular complexity index is 1890. The van der Waals surface area contributed by atoms with Crippen LogP contribution in [0.5, 0.6) is 0 Å². The normalized spacial score (nSPS) is 12.5. The Labute approximate surface area is 287 Å². The summed E-state index contributed by atoms with van der Waals surface area (Å²) in [7, 11) is -6.35. The Morgan fingerprint density at radius 1 is 0.646 bits per heavy atom. The van der Waals surface area contributed by atoms with E-state index in [-0.39, 0.29) is 16.0 Å². The Morgan fingerprint density at radius 2 is 1.17 bits per heavy atom. The lowest BCUT2D eigenvalue weighted by Gasteiger charge is -2.15. The van der Waals surface area contributed by atoms with Crippen molar-refractivity contribution < 1.29 is 21.4 Å². The van der Waals surface area contributed by atoms with E-state index in [9.17, 15) is 21.4 Å². The summed E-state index contributed by atoms with van der Waals surface area (Å²) in [6, 6.07) is 24.0. The summed E-state index contributed by atoms with van der Waals surface area (Å²) in [5.74, 6) is -0.0445. The second kappa shape index (κ2) is 18.3. The molecule has 4 aromatic rings. The number of fused-ring (bicyclic) bond motifs is 1. The van der Waals surface area contributed by atoms with Gasteiger partial charge in [0, 0.05) is 12.4 Å². The fraction of sp³-hybridized carbons (Fsp3) is 0.447. The minimum atomic E-state index is -4.48. The van der Waals surface area contributed by atoms with Crippen LogP contribution in [0.1, 0.15) is 96.8 Å². The molecule has 0 aliphatic carbocycles. The van der Waals surface area contributed by atoms with E-state index in [0.717, 1.165) is 41.6 Å².